The Labute approximate surface area is 99.5 Å². The van der Waals surface area contributed by atoms with Gasteiger partial charge in [-0.15, -0.1) is 0 Å². The monoisotopic (exact) mass is 234 g/mol. The van der Waals surface area contributed by atoms with E-state index < -0.39 is 11.9 Å². The highest BCUT2D eigenvalue weighted by Gasteiger charge is 2.18. The van der Waals surface area contributed by atoms with Gasteiger partial charge in [0.05, 0.1) is 5.69 Å². The number of aromatic nitrogens is 2. The van der Waals surface area contributed by atoms with E-state index in [1.165, 1.54) is 6.07 Å². The van der Waals surface area contributed by atoms with E-state index in [1.54, 1.807) is 29.1 Å². The summed E-state index contributed by atoms with van der Waals surface area (Å²) >= 11 is 0. The summed E-state index contributed by atoms with van der Waals surface area (Å²) in [5.41, 5.74) is 1.82. The van der Waals surface area contributed by atoms with Crippen molar-refractivity contribution in [1.29, 1.82) is 0 Å². The number of nitrogens with zero attached hydrogens (tertiary/aromatic N) is 2. The van der Waals surface area contributed by atoms with Gasteiger partial charge in [0.1, 0.15) is 11.9 Å². The summed E-state index contributed by atoms with van der Waals surface area (Å²) in [4.78, 5) is 0. The normalized spacial score (nSPS) is 12.7. The fraction of sp³-hybridized carbons (Fsp3) is 0.308. The van der Waals surface area contributed by atoms with Gasteiger partial charge in [-0.2, -0.15) is 5.10 Å². The van der Waals surface area contributed by atoms with Crippen LogP contribution in [0.2, 0.25) is 0 Å². The van der Waals surface area contributed by atoms with Gasteiger partial charge in [0, 0.05) is 18.3 Å². The molecule has 0 bridgehead atoms. The van der Waals surface area contributed by atoms with Crippen molar-refractivity contribution < 1.29 is 9.50 Å². The molecule has 1 N–H and O–H groups in total. The number of hydrogen-bond acceptors (Lipinski definition) is 2. The smallest absolute Gasteiger partial charge is 0.129 e. The van der Waals surface area contributed by atoms with Crippen molar-refractivity contribution in [2.75, 3.05) is 0 Å². The van der Waals surface area contributed by atoms with Gasteiger partial charge < -0.3 is 5.11 Å². The van der Waals surface area contributed by atoms with Crippen LogP contribution in [0.5, 0.6) is 0 Å². The van der Waals surface area contributed by atoms with Gasteiger partial charge in [-0.3, -0.25) is 4.68 Å². The van der Waals surface area contributed by atoms with Crippen LogP contribution in [0.3, 0.4) is 0 Å². The number of halogens is 1. The molecule has 0 spiro atoms. The van der Waals surface area contributed by atoms with Crippen LogP contribution in [0.4, 0.5) is 4.39 Å². The zero-order chi connectivity index (χ0) is 12.4. The molecule has 0 aliphatic heterocycles. The Hall–Kier alpha value is -1.68. The number of aliphatic hydroxyl groups excluding tert-OH is 1. The highest BCUT2D eigenvalue weighted by atomic mass is 19.1. The Kier molecular flexibility index (Phi) is 3.24. The first-order valence-electron chi connectivity index (χ1n) is 5.59. The maximum atomic E-state index is 13.7. The lowest BCUT2D eigenvalue weighted by atomic mass is 10.0. The molecule has 0 saturated carbocycles. The molecular weight excluding hydrogens is 219 g/mol. The van der Waals surface area contributed by atoms with E-state index in [9.17, 15) is 9.50 Å². The van der Waals surface area contributed by atoms with E-state index in [-0.39, 0.29) is 0 Å². The van der Waals surface area contributed by atoms with Crippen molar-refractivity contribution >= 4 is 0 Å². The van der Waals surface area contributed by atoms with Gasteiger partial charge >= 0.3 is 0 Å². The SMILES string of the molecule is CCn1nccc1C(O)c1cc(C)ccc1F. The molecular formula is C13H15FN2O. The van der Waals surface area contributed by atoms with Crippen molar-refractivity contribution in [3.8, 4) is 0 Å². The Morgan fingerprint density at radius 1 is 1.41 bits per heavy atom. The number of rotatable bonds is 3. The lowest BCUT2D eigenvalue weighted by Crippen LogP contribution is -2.10. The summed E-state index contributed by atoms with van der Waals surface area (Å²) in [6.07, 6.45) is 0.632. The third-order valence-corrected chi connectivity index (χ3v) is 2.78. The van der Waals surface area contributed by atoms with Gasteiger partial charge in [0.2, 0.25) is 0 Å². The van der Waals surface area contributed by atoms with E-state index in [2.05, 4.69) is 5.10 Å². The molecule has 1 atom stereocenters. The van der Waals surface area contributed by atoms with Crippen molar-refractivity contribution in [3.05, 3.63) is 53.1 Å². The van der Waals surface area contributed by atoms with Crippen LogP contribution >= 0.6 is 0 Å². The predicted molar refractivity (Wildman–Crippen MR) is 63.1 cm³/mol. The molecule has 2 rings (SSSR count). The van der Waals surface area contributed by atoms with Crippen molar-refractivity contribution in [2.45, 2.75) is 26.5 Å². The highest BCUT2D eigenvalue weighted by molar-refractivity contribution is 5.30. The Bertz CT molecular complexity index is 522. The van der Waals surface area contributed by atoms with Gasteiger partial charge in [-0.1, -0.05) is 17.7 Å². The maximum absolute atomic E-state index is 13.7. The second-order valence-electron chi connectivity index (χ2n) is 4.00. The molecule has 90 valence electrons. The first-order valence-corrected chi connectivity index (χ1v) is 5.59. The third kappa shape index (κ3) is 2.22. The fourth-order valence-corrected chi connectivity index (χ4v) is 1.87. The topological polar surface area (TPSA) is 38.0 Å². The van der Waals surface area contributed by atoms with Crippen LogP contribution in [0, 0.1) is 12.7 Å². The van der Waals surface area contributed by atoms with Crippen LogP contribution in [-0.4, -0.2) is 14.9 Å². The minimum Gasteiger partial charge on any atom is -0.382 e. The average molecular weight is 234 g/mol. The summed E-state index contributed by atoms with van der Waals surface area (Å²) < 4.78 is 15.3. The van der Waals surface area contributed by atoms with Gasteiger partial charge in [-0.05, 0) is 26.0 Å². The van der Waals surface area contributed by atoms with Crippen LogP contribution in [0.1, 0.15) is 29.8 Å². The Balaban J connectivity index is 2.43. The first-order chi connectivity index (χ1) is 8.13. The van der Waals surface area contributed by atoms with E-state index in [4.69, 9.17) is 0 Å². The second kappa shape index (κ2) is 4.67. The number of hydrogen-bond donors (Lipinski definition) is 1. The van der Waals surface area contributed by atoms with E-state index >= 15 is 0 Å². The molecule has 1 unspecified atom stereocenters. The molecule has 1 aromatic heterocycles. The number of aliphatic hydroxyl groups is 1. The van der Waals surface area contributed by atoms with Crippen molar-refractivity contribution in [3.63, 3.8) is 0 Å². The molecule has 4 heteroatoms. The molecule has 0 amide bonds. The lowest BCUT2D eigenvalue weighted by Gasteiger charge is -2.14. The molecule has 1 aromatic carbocycles. The summed E-state index contributed by atoms with van der Waals surface area (Å²) in [6, 6.07) is 6.42. The van der Waals surface area contributed by atoms with Crippen molar-refractivity contribution in [2.24, 2.45) is 0 Å². The van der Waals surface area contributed by atoms with Crippen LogP contribution in [-0.2, 0) is 6.54 Å². The molecule has 3 nitrogen and oxygen atoms in total. The maximum Gasteiger partial charge on any atom is 0.129 e. The minimum absolute atomic E-state index is 0.292. The highest BCUT2D eigenvalue weighted by Crippen LogP contribution is 2.24. The lowest BCUT2D eigenvalue weighted by molar-refractivity contribution is 0.203. The van der Waals surface area contributed by atoms with Crippen molar-refractivity contribution in [1.82, 2.24) is 9.78 Å². The fourth-order valence-electron chi connectivity index (χ4n) is 1.87. The van der Waals surface area contributed by atoms with E-state index in [0.29, 0.717) is 17.8 Å². The zero-order valence-electron chi connectivity index (χ0n) is 9.89. The molecule has 0 radical (unpaired) electrons. The summed E-state index contributed by atoms with van der Waals surface area (Å²) in [6.45, 7) is 4.44. The van der Waals surface area contributed by atoms with Gasteiger partial charge in [-0.25, -0.2) is 4.39 Å². The third-order valence-electron chi connectivity index (χ3n) is 2.78. The van der Waals surface area contributed by atoms with E-state index in [1.807, 2.05) is 13.8 Å². The molecule has 2 aromatic rings. The van der Waals surface area contributed by atoms with Crippen LogP contribution in [0.25, 0.3) is 0 Å². The zero-order valence-corrected chi connectivity index (χ0v) is 9.89. The molecule has 1 heterocycles. The van der Waals surface area contributed by atoms with E-state index in [0.717, 1.165) is 5.56 Å². The minimum atomic E-state index is -0.975. The Morgan fingerprint density at radius 2 is 2.18 bits per heavy atom. The summed E-state index contributed by atoms with van der Waals surface area (Å²) in [7, 11) is 0. The second-order valence-corrected chi connectivity index (χ2v) is 4.00. The number of aryl methyl sites for hydroxylation is 2. The van der Waals surface area contributed by atoms with Crippen LogP contribution < -0.4 is 0 Å². The molecule has 0 aliphatic rings. The largest absolute Gasteiger partial charge is 0.382 e. The summed E-state index contributed by atoms with van der Waals surface area (Å²) in [5, 5.41) is 14.3. The molecule has 0 saturated heterocycles. The molecule has 0 aliphatic carbocycles. The van der Waals surface area contributed by atoms with Gasteiger partial charge in [0.25, 0.3) is 0 Å². The first kappa shape index (κ1) is 11.8. The van der Waals surface area contributed by atoms with Crippen LogP contribution in [0.15, 0.2) is 30.5 Å². The van der Waals surface area contributed by atoms with Gasteiger partial charge in [0.15, 0.2) is 0 Å². The average Bonchev–Trinajstić information content (AvgIpc) is 2.79. The summed E-state index contributed by atoms with van der Waals surface area (Å²) in [5.74, 6) is -0.396. The standard InChI is InChI=1S/C13H15FN2O/c1-3-16-12(6-7-15-16)13(17)10-8-9(2)4-5-11(10)14/h4-8,13,17H,3H2,1-2H3. The molecule has 0 fully saturated rings. The quantitative estimate of drug-likeness (QED) is 0.885. The number of benzene rings is 1. The molecule has 17 heavy (non-hydrogen) atoms. The predicted octanol–water partition coefficient (Wildman–Crippen LogP) is 2.43. The Morgan fingerprint density at radius 3 is 2.88 bits per heavy atom.